The average Bonchev–Trinajstić information content (AvgIpc) is 3.35. The minimum absolute atomic E-state index is 0.0138. The SMILES string of the molecule is COc1ccc(-c2cnc3c(Nc4ccc(C(=O)N5CCN(C(C)=O)CC5)c(Cl)c4)nccn23)c(F)c1F. The summed E-state index contributed by atoms with van der Waals surface area (Å²) in [5.74, 6) is -2.20. The highest BCUT2D eigenvalue weighted by atomic mass is 35.5. The molecule has 1 fully saturated rings. The maximum Gasteiger partial charge on any atom is 0.255 e. The van der Waals surface area contributed by atoms with Crippen LogP contribution in [0, 0.1) is 11.6 Å². The molecule has 12 heteroatoms. The van der Waals surface area contributed by atoms with Gasteiger partial charge in [-0.2, -0.15) is 4.39 Å². The number of hydrogen-bond acceptors (Lipinski definition) is 6. The molecule has 0 unspecified atom stereocenters. The molecule has 0 spiro atoms. The first-order chi connectivity index (χ1) is 18.3. The first-order valence-corrected chi connectivity index (χ1v) is 12.1. The smallest absolute Gasteiger partial charge is 0.255 e. The molecular formula is C26H23ClF2N6O3. The summed E-state index contributed by atoms with van der Waals surface area (Å²) >= 11 is 6.47. The number of nitrogens with one attached hydrogen (secondary N) is 1. The van der Waals surface area contributed by atoms with Crippen molar-refractivity contribution in [3.63, 3.8) is 0 Å². The van der Waals surface area contributed by atoms with Gasteiger partial charge in [-0.1, -0.05) is 11.6 Å². The maximum atomic E-state index is 14.7. The van der Waals surface area contributed by atoms with Gasteiger partial charge in [0.15, 0.2) is 23.0 Å². The number of anilines is 2. The van der Waals surface area contributed by atoms with Gasteiger partial charge in [0, 0.05) is 56.7 Å². The molecule has 0 atom stereocenters. The van der Waals surface area contributed by atoms with Crippen LogP contribution in [0.2, 0.25) is 5.02 Å². The van der Waals surface area contributed by atoms with E-state index in [0.29, 0.717) is 54.6 Å². The molecule has 5 rings (SSSR count). The topological polar surface area (TPSA) is 92.1 Å². The molecule has 3 heterocycles. The van der Waals surface area contributed by atoms with Crippen LogP contribution in [-0.4, -0.2) is 69.3 Å². The van der Waals surface area contributed by atoms with E-state index in [2.05, 4.69) is 15.3 Å². The number of benzene rings is 2. The monoisotopic (exact) mass is 540 g/mol. The van der Waals surface area contributed by atoms with Crippen LogP contribution in [-0.2, 0) is 4.79 Å². The number of fused-ring (bicyclic) bond motifs is 1. The van der Waals surface area contributed by atoms with E-state index in [-0.39, 0.29) is 28.1 Å². The zero-order valence-electron chi connectivity index (χ0n) is 20.5. The number of hydrogen-bond donors (Lipinski definition) is 1. The Morgan fingerprint density at radius 3 is 2.45 bits per heavy atom. The number of carbonyl (C=O) groups is 2. The second-order valence-electron chi connectivity index (χ2n) is 8.67. The highest BCUT2D eigenvalue weighted by molar-refractivity contribution is 6.34. The Morgan fingerprint density at radius 2 is 1.76 bits per heavy atom. The molecule has 0 saturated carbocycles. The molecule has 1 saturated heterocycles. The predicted octanol–water partition coefficient (Wildman–Crippen LogP) is 4.38. The maximum absolute atomic E-state index is 14.7. The fraction of sp³-hybridized carbons (Fsp3) is 0.231. The third kappa shape index (κ3) is 4.60. The van der Waals surface area contributed by atoms with Crippen LogP contribution in [0.5, 0.6) is 5.75 Å². The summed E-state index contributed by atoms with van der Waals surface area (Å²) in [6.07, 6.45) is 4.51. The lowest BCUT2D eigenvalue weighted by atomic mass is 10.1. The largest absolute Gasteiger partial charge is 0.494 e. The van der Waals surface area contributed by atoms with Gasteiger partial charge in [0.1, 0.15) is 0 Å². The third-order valence-electron chi connectivity index (χ3n) is 6.45. The van der Waals surface area contributed by atoms with Gasteiger partial charge in [-0.15, -0.1) is 0 Å². The van der Waals surface area contributed by atoms with Crippen molar-refractivity contribution in [2.75, 3.05) is 38.6 Å². The molecule has 0 bridgehead atoms. The molecule has 2 aromatic carbocycles. The van der Waals surface area contributed by atoms with Crippen LogP contribution in [0.15, 0.2) is 48.9 Å². The van der Waals surface area contributed by atoms with Gasteiger partial charge in [0.25, 0.3) is 5.91 Å². The summed E-state index contributed by atoms with van der Waals surface area (Å²) in [6, 6.07) is 7.69. The van der Waals surface area contributed by atoms with Gasteiger partial charge in [-0.05, 0) is 30.3 Å². The first kappa shape index (κ1) is 25.4. The Labute approximate surface area is 221 Å². The van der Waals surface area contributed by atoms with Crippen LogP contribution in [0.1, 0.15) is 17.3 Å². The average molecular weight is 541 g/mol. The van der Waals surface area contributed by atoms with E-state index in [1.165, 1.54) is 38.6 Å². The molecule has 0 aliphatic carbocycles. The summed E-state index contributed by atoms with van der Waals surface area (Å²) in [5, 5.41) is 3.38. The summed E-state index contributed by atoms with van der Waals surface area (Å²) < 4.78 is 35.5. The van der Waals surface area contributed by atoms with Crippen molar-refractivity contribution >= 4 is 40.6 Å². The standard InChI is InChI=1S/C26H23ClF2N6O3/c1-15(36)33-9-11-34(12-10-33)26(37)17-4-3-16(13-19(17)27)32-24-25-31-14-20(35(25)8-7-30-24)18-5-6-21(38-2)23(29)22(18)28/h3-8,13-14H,9-12H2,1-2H3,(H,30,32). The summed E-state index contributed by atoms with van der Waals surface area (Å²) in [5.41, 5.74) is 1.62. The molecular weight excluding hydrogens is 518 g/mol. The van der Waals surface area contributed by atoms with E-state index in [1.807, 2.05) is 0 Å². The lowest BCUT2D eigenvalue weighted by Gasteiger charge is -2.34. The van der Waals surface area contributed by atoms with E-state index in [9.17, 15) is 18.4 Å². The Bertz CT molecular complexity index is 1550. The zero-order valence-corrected chi connectivity index (χ0v) is 21.3. The van der Waals surface area contributed by atoms with Crippen LogP contribution in [0.3, 0.4) is 0 Å². The van der Waals surface area contributed by atoms with Crippen molar-refractivity contribution in [3.8, 4) is 17.0 Å². The quantitative estimate of drug-likeness (QED) is 0.404. The second kappa shape index (κ2) is 10.3. The molecule has 2 amide bonds. The fourth-order valence-corrected chi connectivity index (χ4v) is 4.65. The van der Waals surface area contributed by atoms with Crippen LogP contribution in [0.25, 0.3) is 16.9 Å². The van der Waals surface area contributed by atoms with Crippen molar-refractivity contribution in [2.24, 2.45) is 0 Å². The van der Waals surface area contributed by atoms with Gasteiger partial charge >= 0.3 is 0 Å². The van der Waals surface area contributed by atoms with Gasteiger partial charge in [-0.3, -0.25) is 14.0 Å². The van der Waals surface area contributed by atoms with Crippen molar-refractivity contribution in [1.29, 1.82) is 0 Å². The van der Waals surface area contributed by atoms with E-state index in [1.54, 1.807) is 38.6 Å². The lowest BCUT2D eigenvalue weighted by molar-refractivity contribution is -0.130. The van der Waals surface area contributed by atoms with E-state index in [4.69, 9.17) is 16.3 Å². The number of piperazine rings is 1. The lowest BCUT2D eigenvalue weighted by Crippen LogP contribution is -2.50. The molecule has 4 aromatic rings. The molecule has 1 N–H and O–H groups in total. The number of ether oxygens (including phenoxy) is 1. The third-order valence-corrected chi connectivity index (χ3v) is 6.76. The summed E-state index contributed by atoms with van der Waals surface area (Å²) in [7, 11) is 1.26. The van der Waals surface area contributed by atoms with Crippen molar-refractivity contribution in [3.05, 3.63) is 71.1 Å². The minimum Gasteiger partial charge on any atom is -0.494 e. The molecule has 1 aliphatic rings. The summed E-state index contributed by atoms with van der Waals surface area (Å²) in [4.78, 5) is 36.6. The fourth-order valence-electron chi connectivity index (χ4n) is 4.39. The van der Waals surface area contributed by atoms with Crippen molar-refractivity contribution in [2.45, 2.75) is 6.92 Å². The van der Waals surface area contributed by atoms with Gasteiger partial charge in [-0.25, -0.2) is 14.4 Å². The number of methoxy groups -OCH3 is 1. The van der Waals surface area contributed by atoms with E-state index in [0.717, 1.165) is 0 Å². The molecule has 196 valence electrons. The second-order valence-corrected chi connectivity index (χ2v) is 9.08. The number of nitrogens with zero attached hydrogens (tertiary/aromatic N) is 5. The highest BCUT2D eigenvalue weighted by Gasteiger charge is 2.25. The molecule has 0 radical (unpaired) electrons. The minimum atomic E-state index is -1.09. The van der Waals surface area contributed by atoms with Crippen LogP contribution >= 0.6 is 11.6 Å². The first-order valence-electron chi connectivity index (χ1n) is 11.7. The Morgan fingerprint density at radius 1 is 1.03 bits per heavy atom. The van der Waals surface area contributed by atoms with E-state index >= 15 is 0 Å². The normalized spacial score (nSPS) is 13.6. The number of halogens is 3. The summed E-state index contributed by atoms with van der Waals surface area (Å²) in [6.45, 7) is 3.33. The number of imidazole rings is 1. The molecule has 9 nitrogen and oxygen atoms in total. The van der Waals surface area contributed by atoms with Gasteiger partial charge in [0.2, 0.25) is 11.7 Å². The van der Waals surface area contributed by atoms with Crippen LogP contribution < -0.4 is 10.1 Å². The molecule has 2 aromatic heterocycles. The highest BCUT2D eigenvalue weighted by Crippen LogP contribution is 2.32. The zero-order chi connectivity index (χ0) is 27.0. The van der Waals surface area contributed by atoms with Gasteiger partial charge < -0.3 is 19.9 Å². The van der Waals surface area contributed by atoms with E-state index < -0.39 is 11.6 Å². The molecule has 38 heavy (non-hydrogen) atoms. The van der Waals surface area contributed by atoms with Gasteiger partial charge in [0.05, 0.1) is 29.6 Å². The van der Waals surface area contributed by atoms with Crippen LogP contribution in [0.4, 0.5) is 20.3 Å². The molecule has 1 aliphatic heterocycles. The Hall–Kier alpha value is -4.25. The Balaban J connectivity index is 1.38. The number of rotatable bonds is 5. The number of carbonyl (C=O) groups excluding carboxylic acids is 2. The van der Waals surface area contributed by atoms with Crippen molar-refractivity contribution < 1.29 is 23.1 Å². The predicted molar refractivity (Wildman–Crippen MR) is 138 cm³/mol. The van der Waals surface area contributed by atoms with Crippen molar-refractivity contribution in [1.82, 2.24) is 24.2 Å². The number of aromatic nitrogens is 3. The number of amides is 2. The Kier molecular flexibility index (Phi) is 6.85.